The van der Waals surface area contributed by atoms with Crippen molar-refractivity contribution in [3.8, 4) is 0 Å². The highest BCUT2D eigenvalue weighted by Gasteiger charge is 2.16. The molecule has 0 radical (unpaired) electrons. The fourth-order valence-electron chi connectivity index (χ4n) is 2.57. The topological polar surface area (TPSA) is 118 Å². The third-order valence-electron chi connectivity index (χ3n) is 4.09. The fourth-order valence-corrected chi connectivity index (χ4v) is 3.54. The van der Waals surface area contributed by atoms with Gasteiger partial charge in [-0.2, -0.15) is 4.72 Å². The number of carbonyl (C=O) groups is 1. The van der Waals surface area contributed by atoms with Gasteiger partial charge < -0.3 is 9.72 Å². The van der Waals surface area contributed by atoms with Crippen LogP contribution in [0.4, 0.5) is 0 Å². The summed E-state index contributed by atoms with van der Waals surface area (Å²) in [6.45, 7) is 2.86. The van der Waals surface area contributed by atoms with E-state index < -0.39 is 22.5 Å². The molecule has 0 fully saturated rings. The molecule has 3 aromatic rings. The number of fused-ring (bicyclic) bond motifs is 1. The quantitative estimate of drug-likeness (QED) is 0.605. The monoisotopic (exact) mass is 401 g/mol. The summed E-state index contributed by atoms with van der Waals surface area (Å²) in [6, 6.07) is 11.5. The van der Waals surface area contributed by atoms with E-state index in [1.807, 2.05) is 19.9 Å². The summed E-state index contributed by atoms with van der Waals surface area (Å²) in [5.74, 6) is -0.607. The first-order valence-corrected chi connectivity index (χ1v) is 9.95. The first-order chi connectivity index (χ1) is 13.3. The lowest BCUT2D eigenvalue weighted by Gasteiger charge is -2.08. The number of nitrogens with one attached hydrogen (secondary N) is 2. The molecule has 1 heterocycles. The number of hydrogen-bond donors (Lipinski definition) is 2. The molecular weight excluding hydrogens is 382 g/mol. The van der Waals surface area contributed by atoms with Crippen molar-refractivity contribution in [2.75, 3.05) is 6.54 Å². The Bertz CT molecular complexity index is 1180. The maximum absolute atomic E-state index is 12.2. The van der Waals surface area contributed by atoms with Gasteiger partial charge in [0.25, 0.3) is 5.56 Å². The molecule has 0 aliphatic carbocycles. The number of hydrogen-bond acceptors (Lipinski definition) is 6. The van der Waals surface area contributed by atoms with E-state index in [0.29, 0.717) is 10.9 Å². The second kappa shape index (κ2) is 7.91. The van der Waals surface area contributed by atoms with Crippen LogP contribution in [0.3, 0.4) is 0 Å². The third kappa shape index (κ3) is 4.44. The van der Waals surface area contributed by atoms with Crippen molar-refractivity contribution in [3.05, 3.63) is 69.8 Å². The van der Waals surface area contributed by atoms with Gasteiger partial charge in [-0.25, -0.2) is 13.4 Å². The molecule has 146 valence electrons. The van der Waals surface area contributed by atoms with Crippen LogP contribution < -0.4 is 10.3 Å². The van der Waals surface area contributed by atoms with E-state index in [0.717, 1.165) is 11.1 Å². The Balaban J connectivity index is 1.63. The summed E-state index contributed by atoms with van der Waals surface area (Å²) in [4.78, 5) is 30.9. The number of ether oxygens (including phenoxy) is 1. The molecule has 0 spiro atoms. The number of carbonyl (C=O) groups excluding carboxylic acids is 1. The van der Waals surface area contributed by atoms with Crippen LogP contribution in [0.25, 0.3) is 10.9 Å². The van der Waals surface area contributed by atoms with Gasteiger partial charge in [-0.3, -0.25) is 9.59 Å². The predicted molar refractivity (Wildman–Crippen MR) is 103 cm³/mol. The van der Waals surface area contributed by atoms with Crippen LogP contribution in [0.1, 0.15) is 17.0 Å². The van der Waals surface area contributed by atoms with Crippen molar-refractivity contribution in [1.29, 1.82) is 0 Å². The number of aromatic amines is 1. The van der Waals surface area contributed by atoms with Gasteiger partial charge in [-0.05, 0) is 37.6 Å². The molecule has 9 heteroatoms. The molecule has 0 aliphatic rings. The van der Waals surface area contributed by atoms with Crippen molar-refractivity contribution in [1.82, 2.24) is 14.7 Å². The standard InChI is InChI=1S/C19H19N3O5S/c1-12-6-8-14(9-7-12)28(25,26)20-10-17(23)27-11-16-21-18-13(2)4-3-5-15(18)19(24)22-16/h3-9,20H,10-11H2,1-2H3,(H,21,22,24). The Hall–Kier alpha value is -3.04. The number of esters is 1. The fraction of sp³-hybridized carbons (Fsp3) is 0.211. The molecule has 0 atom stereocenters. The lowest BCUT2D eigenvalue weighted by Crippen LogP contribution is -2.30. The highest BCUT2D eigenvalue weighted by atomic mass is 32.2. The van der Waals surface area contributed by atoms with E-state index in [9.17, 15) is 18.0 Å². The van der Waals surface area contributed by atoms with Gasteiger partial charge in [-0.15, -0.1) is 0 Å². The van der Waals surface area contributed by atoms with Crippen LogP contribution in [0.5, 0.6) is 0 Å². The summed E-state index contributed by atoms with van der Waals surface area (Å²) in [6.07, 6.45) is 0. The van der Waals surface area contributed by atoms with Crippen LogP contribution in [0, 0.1) is 13.8 Å². The van der Waals surface area contributed by atoms with Crippen molar-refractivity contribution in [2.45, 2.75) is 25.3 Å². The summed E-state index contributed by atoms with van der Waals surface area (Å²) in [5, 5.41) is 0.445. The minimum absolute atomic E-state index is 0.0573. The molecule has 0 bridgehead atoms. The van der Waals surface area contributed by atoms with Gasteiger partial charge in [0.15, 0.2) is 0 Å². The summed E-state index contributed by atoms with van der Waals surface area (Å²) in [5.41, 5.74) is 1.93. The molecule has 1 aromatic heterocycles. The average Bonchev–Trinajstić information content (AvgIpc) is 2.66. The summed E-state index contributed by atoms with van der Waals surface area (Å²) < 4.78 is 31.6. The van der Waals surface area contributed by atoms with Crippen LogP contribution in [-0.2, 0) is 26.2 Å². The third-order valence-corrected chi connectivity index (χ3v) is 5.51. The van der Waals surface area contributed by atoms with Crippen LogP contribution in [0.15, 0.2) is 52.2 Å². The molecule has 0 unspecified atom stereocenters. The number of H-pyrrole nitrogens is 1. The summed E-state index contributed by atoms with van der Waals surface area (Å²) >= 11 is 0. The maximum atomic E-state index is 12.2. The molecule has 28 heavy (non-hydrogen) atoms. The molecule has 0 saturated carbocycles. The van der Waals surface area contributed by atoms with E-state index in [-0.39, 0.29) is 22.9 Å². The molecule has 0 amide bonds. The lowest BCUT2D eigenvalue weighted by atomic mass is 10.1. The largest absolute Gasteiger partial charge is 0.457 e. The van der Waals surface area contributed by atoms with E-state index in [1.165, 1.54) is 12.1 Å². The Morgan fingerprint density at radius 3 is 2.57 bits per heavy atom. The molecule has 3 rings (SSSR count). The number of para-hydroxylation sites is 1. The molecular formula is C19H19N3O5S. The Morgan fingerprint density at radius 2 is 1.86 bits per heavy atom. The van der Waals surface area contributed by atoms with Gasteiger partial charge in [0.1, 0.15) is 19.0 Å². The number of sulfonamides is 1. The number of nitrogens with zero attached hydrogens (tertiary/aromatic N) is 1. The first-order valence-electron chi connectivity index (χ1n) is 8.47. The second-order valence-electron chi connectivity index (χ2n) is 6.28. The zero-order chi connectivity index (χ0) is 20.3. The molecule has 0 saturated heterocycles. The van der Waals surface area contributed by atoms with Crippen LogP contribution in [-0.4, -0.2) is 30.9 Å². The van der Waals surface area contributed by atoms with E-state index in [4.69, 9.17) is 4.74 Å². The van der Waals surface area contributed by atoms with Gasteiger partial charge in [-0.1, -0.05) is 29.8 Å². The van der Waals surface area contributed by atoms with Crippen LogP contribution in [0.2, 0.25) is 0 Å². The SMILES string of the molecule is Cc1ccc(S(=O)(=O)NCC(=O)OCc2nc3c(C)cccc3c(=O)[nH]2)cc1. The predicted octanol–water partition coefficient (Wildman–Crippen LogP) is 1.56. The Labute approximate surface area is 161 Å². The second-order valence-corrected chi connectivity index (χ2v) is 8.05. The molecule has 2 aromatic carbocycles. The van der Waals surface area contributed by atoms with Gasteiger partial charge >= 0.3 is 5.97 Å². The molecule has 2 N–H and O–H groups in total. The number of aromatic nitrogens is 2. The highest BCUT2D eigenvalue weighted by Crippen LogP contribution is 2.12. The minimum atomic E-state index is -3.82. The zero-order valence-corrected chi connectivity index (χ0v) is 16.2. The zero-order valence-electron chi connectivity index (χ0n) is 15.4. The molecule has 8 nitrogen and oxygen atoms in total. The first kappa shape index (κ1) is 19.7. The van der Waals surface area contributed by atoms with Gasteiger partial charge in [0, 0.05) is 0 Å². The van der Waals surface area contributed by atoms with E-state index in [2.05, 4.69) is 14.7 Å². The maximum Gasteiger partial charge on any atom is 0.321 e. The van der Waals surface area contributed by atoms with Crippen molar-refractivity contribution < 1.29 is 17.9 Å². The molecule has 0 aliphatic heterocycles. The van der Waals surface area contributed by atoms with Gasteiger partial charge in [0.05, 0.1) is 15.8 Å². The Kier molecular flexibility index (Phi) is 5.57. The van der Waals surface area contributed by atoms with Crippen LogP contribution >= 0.6 is 0 Å². The van der Waals surface area contributed by atoms with Crippen molar-refractivity contribution >= 4 is 26.9 Å². The highest BCUT2D eigenvalue weighted by molar-refractivity contribution is 7.89. The summed E-state index contributed by atoms with van der Waals surface area (Å²) in [7, 11) is -3.82. The average molecular weight is 401 g/mol. The van der Waals surface area contributed by atoms with Gasteiger partial charge in [0.2, 0.25) is 10.0 Å². The smallest absolute Gasteiger partial charge is 0.321 e. The van der Waals surface area contributed by atoms with E-state index >= 15 is 0 Å². The number of aryl methyl sites for hydroxylation is 2. The van der Waals surface area contributed by atoms with Crippen molar-refractivity contribution in [3.63, 3.8) is 0 Å². The number of rotatable bonds is 6. The van der Waals surface area contributed by atoms with E-state index in [1.54, 1.807) is 24.3 Å². The normalized spacial score (nSPS) is 11.5. The van der Waals surface area contributed by atoms with Crippen molar-refractivity contribution in [2.24, 2.45) is 0 Å². The minimum Gasteiger partial charge on any atom is -0.457 e. The number of benzene rings is 2. The Morgan fingerprint density at radius 1 is 1.14 bits per heavy atom. The lowest BCUT2D eigenvalue weighted by molar-refractivity contribution is -0.143.